The van der Waals surface area contributed by atoms with Crippen LogP contribution < -0.4 is 14.5 Å². The Balaban J connectivity index is 1.42. The van der Waals surface area contributed by atoms with E-state index in [2.05, 4.69) is 15.9 Å². The Kier molecular flexibility index (Phi) is 5.05. The molecule has 28 heavy (non-hydrogen) atoms. The van der Waals surface area contributed by atoms with Crippen LogP contribution in [0.25, 0.3) is 0 Å². The van der Waals surface area contributed by atoms with Crippen molar-refractivity contribution in [3.05, 3.63) is 54.1 Å². The number of benzene rings is 2. The number of methoxy groups -OCH3 is 1. The Labute approximate surface area is 165 Å². The van der Waals surface area contributed by atoms with Gasteiger partial charge in [-0.25, -0.2) is 4.90 Å². The first-order valence-electron chi connectivity index (χ1n) is 9.63. The van der Waals surface area contributed by atoms with Crippen LogP contribution >= 0.6 is 0 Å². The van der Waals surface area contributed by atoms with Crippen LogP contribution in [0, 0.1) is 6.92 Å². The maximum absolute atomic E-state index is 13.0. The van der Waals surface area contributed by atoms with E-state index < -0.39 is 0 Å². The maximum atomic E-state index is 13.0. The minimum atomic E-state index is -0.360. The van der Waals surface area contributed by atoms with E-state index in [9.17, 15) is 9.59 Å². The molecule has 0 radical (unpaired) electrons. The number of carbonyl (C=O) groups is 2. The molecule has 1 atom stereocenters. The highest BCUT2D eigenvalue weighted by Crippen LogP contribution is 2.28. The molecule has 4 rings (SSSR count). The van der Waals surface area contributed by atoms with E-state index in [4.69, 9.17) is 4.74 Å². The molecule has 2 amide bonds. The first-order valence-corrected chi connectivity index (χ1v) is 9.63. The number of ether oxygens (including phenoxy) is 1. The summed E-state index contributed by atoms with van der Waals surface area (Å²) < 4.78 is 5.31. The van der Waals surface area contributed by atoms with Crippen LogP contribution in [0.5, 0.6) is 5.75 Å². The minimum absolute atomic E-state index is 0.108. The molecule has 0 aliphatic carbocycles. The summed E-state index contributed by atoms with van der Waals surface area (Å²) in [6.07, 6.45) is 0.256. The molecule has 0 aromatic heterocycles. The summed E-state index contributed by atoms with van der Waals surface area (Å²) in [5.41, 5.74) is 2.89. The highest BCUT2D eigenvalue weighted by Gasteiger charge is 2.43. The quantitative estimate of drug-likeness (QED) is 0.764. The summed E-state index contributed by atoms with van der Waals surface area (Å²) in [4.78, 5) is 31.3. The number of amides is 2. The molecular weight excluding hydrogens is 354 g/mol. The van der Waals surface area contributed by atoms with Crippen LogP contribution in [0.2, 0.25) is 0 Å². The van der Waals surface area contributed by atoms with Crippen molar-refractivity contribution >= 4 is 23.2 Å². The van der Waals surface area contributed by atoms with E-state index >= 15 is 0 Å². The summed E-state index contributed by atoms with van der Waals surface area (Å²) >= 11 is 0. The number of nitrogens with zero attached hydrogens (tertiary/aromatic N) is 3. The fourth-order valence-corrected chi connectivity index (χ4v) is 3.97. The third-order valence-electron chi connectivity index (χ3n) is 5.59. The number of piperazine rings is 1. The molecule has 2 heterocycles. The summed E-state index contributed by atoms with van der Waals surface area (Å²) in [6, 6.07) is 15.2. The molecule has 146 valence electrons. The Bertz CT molecular complexity index is 873. The van der Waals surface area contributed by atoms with Crippen LogP contribution in [-0.2, 0) is 9.59 Å². The van der Waals surface area contributed by atoms with Crippen LogP contribution in [0.1, 0.15) is 12.0 Å². The fraction of sp³-hybridized carbons (Fsp3) is 0.364. The van der Waals surface area contributed by atoms with E-state index in [-0.39, 0.29) is 24.3 Å². The minimum Gasteiger partial charge on any atom is -0.497 e. The van der Waals surface area contributed by atoms with Crippen molar-refractivity contribution in [3.63, 3.8) is 0 Å². The lowest BCUT2D eigenvalue weighted by Crippen LogP contribution is -2.52. The predicted octanol–water partition coefficient (Wildman–Crippen LogP) is 2.46. The van der Waals surface area contributed by atoms with Gasteiger partial charge in [-0.2, -0.15) is 0 Å². The van der Waals surface area contributed by atoms with Crippen molar-refractivity contribution < 1.29 is 14.3 Å². The standard InChI is InChI=1S/C22H25N3O3/c1-16-6-8-17(9-7-16)25-21(26)15-20(22(25)27)24-12-10-23(11-13-24)18-4-3-5-19(14-18)28-2/h3-9,14,20H,10-13,15H2,1-2H3/t20-/m0/s1. The summed E-state index contributed by atoms with van der Waals surface area (Å²) in [5, 5.41) is 0. The molecule has 0 saturated carbocycles. The zero-order chi connectivity index (χ0) is 19.7. The third kappa shape index (κ3) is 3.47. The van der Waals surface area contributed by atoms with Gasteiger partial charge in [0.2, 0.25) is 5.91 Å². The van der Waals surface area contributed by atoms with Crippen molar-refractivity contribution in [1.29, 1.82) is 0 Å². The van der Waals surface area contributed by atoms with E-state index in [0.717, 1.165) is 43.2 Å². The van der Waals surface area contributed by atoms with Gasteiger partial charge in [0.15, 0.2) is 0 Å². The number of hydrogen-bond acceptors (Lipinski definition) is 5. The van der Waals surface area contributed by atoms with E-state index in [1.165, 1.54) is 4.90 Å². The Morgan fingerprint density at radius 1 is 0.929 bits per heavy atom. The zero-order valence-corrected chi connectivity index (χ0v) is 16.3. The Morgan fingerprint density at radius 3 is 2.32 bits per heavy atom. The zero-order valence-electron chi connectivity index (χ0n) is 16.3. The average Bonchev–Trinajstić information content (AvgIpc) is 3.03. The number of anilines is 2. The largest absolute Gasteiger partial charge is 0.497 e. The summed E-state index contributed by atoms with van der Waals surface area (Å²) in [5.74, 6) is 0.614. The van der Waals surface area contributed by atoms with Gasteiger partial charge in [0.1, 0.15) is 5.75 Å². The lowest BCUT2D eigenvalue weighted by molar-refractivity contribution is -0.123. The Hall–Kier alpha value is -2.86. The summed E-state index contributed by atoms with van der Waals surface area (Å²) in [7, 11) is 1.67. The fourth-order valence-electron chi connectivity index (χ4n) is 3.97. The van der Waals surface area contributed by atoms with Crippen molar-refractivity contribution in [1.82, 2.24) is 4.90 Å². The van der Waals surface area contributed by atoms with Gasteiger partial charge >= 0.3 is 0 Å². The topological polar surface area (TPSA) is 53.1 Å². The first kappa shape index (κ1) is 18.5. The monoisotopic (exact) mass is 379 g/mol. The number of rotatable bonds is 4. The molecule has 2 aromatic carbocycles. The molecule has 0 spiro atoms. The average molecular weight is 379 g/mol. The van der Waals surface area contributed by atoms with Crippen LogP contribution in [0.15, 0.2) is 48.5 Å². The molecule has 6 nitrogen and oxygen atoms in total. The number of imide groups is 1. The third-order valence-corrected chi connectivity index (χ3v) is 5.59. The predicted molar refractivity (Wildman–Crippen MR) is 109 cm³/mol. The van der Waals surface area contributed by atoms with E-state index in [1.807, 2.05) is 49.4 Å². The van der Waals surface area contributed by atoms with Crippen molar-refractivity contribution in [2.45, 2.75) is 19.4 Å². The second-order valence-corrected chi connectivity index (χ2v) is 7.35. The lowest BCUT2D eigenvalue weighted by atomic mass is 10.1. The molecule has 0 N–H and O–H groups in total. The molecule has 0 bridgehead atoms. The van der Waals surface area contributed by atoms with Crippen LogP contribution in [0.3, 0.4) is 0 Å². The first-order chi connectivity index (χ1) is 13.6. The molecule has 2 aliphatic rings. The van der Waals surface area contributed by atoms with Crippen molar-refractivity contribution in [2.24, 2.45) is 0 Å². The molecule has 0 unspecified atom stereocenters. The number of aryl methyl sites for hydroxylation is 1. The summed E-state index contributed by atoms with van der Waals surface area (Å²) in [6.45, 7) is 5.12. The van der Waals surface area contributed by atoms with Gasteiger partial charge in [0, 0.05) is 37.9 Å². The van der Waals surface area contributed by atoms with Crippen LogP contribution in [0.4, 0.5) is 11.4 Å². The normalized spacial score (nSPS) is 20.7. The van der Waals surface area contributed by atoms with E-state index in [1.54, 1.807) is 7.11 Å². The Morgan fingerprint density at radius 2 is 1.64 bits per heavy atom. The molecular formula is C22H25N3O3. The maximum Gasteiger partial charge on any atom is 0.251 e. The lowest BCUT2D eigenvalue weighted by Gasteiger charge is -2.38. The molecule has 2 aromatic rings. The van der Waals surface area contributed by atoms with Gasteiger partial charge in [-0.1, -0.05) is 23.8 Å². The number of hydrogen-bond donors (Lipinski definition) is 0. The molecule has 2 aliphatic heterocycles. The van der Waals surface area contributed by atoms with Gasteiger partial charge in [-0.3, -0.25) is 14.5 Å². The van der Waals surface area contributed by atoms with Crippen molar-refractivity contribution in [2.75, 3.05) is 43.1 Å². The highest BCUT2D eigenvalue weighted by atomic mass is 16.5. The van der Waals surface area contributed by atoms with Gasteiger partial charge in [-0.05, 0) is 31.2 Å². The van der Waals surface area contributed by atoms with Gasteiger partial charge < -0.3 is 9.64 Å². The number of carbonyl (C=O) groups excluding carboxylic acids is 2. The molecule has 2 saturated heterocycles. The van der Waals surface area contributed by atoms with Gasteiger partial charge in [-0.15, -0.1) is 0 Å². The smallest absolute Gasteiger partial charge is 0.251 e. The van der Waals surface area contributed by atoms with E-state index in [0.29, 0.717) is 5.69 Å². The van der Waals surface area contributed by atoms with Crippen LogP contribution in [-0.4, -0.2) is 56.0 Å². The molecule has 6 heteroatoms. The molecule has 2 fully saturated rings. The second-order valence-electron chi connectivity index (χ2n) is 7.35. The second kappa shape index (κ2) is 7.64. The highest BCUT2D eigenvalue weighted by molar-refractivity contribution is 6.22. The van der Waals surface area contributed by atoms with Gasteiger partial charge in [0.25, 0.3) is 5.91 Å². The SMILES string of the molecule is COc1cccc(N2CCN([C@H]3CC(=O)N(c4ccc(C)cc4)C3=O)CC2)c1. The van der Waals surface area contributed by atoms with Crippen molar-refractivity contribution in [3.8, 4) is 5.75 Å². The van der Waals surface area contributed by atoms with Gasteiger partial charge in [0.05, 0.1) is 25.3 Å².